The number of hydrogen-bond acceptors (Lipinski definition) is 3. The number of benzene rings is 1. The lowest BCUT2D eigenvalue weighted by Gasteiger charge is -2.25. The highest BCUT2D eigenvalue weighted by atomic mass is 127. The number of aliphatic imine (C=N–C) groups is 1. The third kappa shape index (κ3) is 6.12. The van der Waals surface area contributed by atoms with E-state index in [1.165, 1.54) is 31.2 Å². The molecule has 1 saturated heterocycles. The van der Waals surface area contributed by atoms with E-state index in [1.807, 2.05) is 12.1 Å². The first-order chi connectivity index (χ1) is 11.1. The van der Waals surface area contributed by atoms with Gasteiger partial charge in [0.1, 0.15) is 5.75 Å². The highest BCUT2D eigenvalue weighted by Crippen LogP contribution is 2.21. The van der Waals surface area contributed by atoms with Crippen molar-refractivity contribution in [3.05, 3.63) is 29.8 Å². The standard InChI is InChI=1S/C18H30N4O.HI/c1-21(2)17(15-8-10-16(23-3)11-9-15)14-20-18(19)22-12-6-4-5-7-13-22;/h8-11,17H,4-7,12-14H2,1-3H3,(H2,19,20);1H. The van der Waals surface area contributed by atoms with Gasteiger partial charge in [-0.2, -0.15) is 0 Å². The first-order valence-corrected chi connectivity index (χ1v) is 8.47. The number of halogens is 1. The molecule has 0 radical (unpaired) electrons. The Kier molecular flexibility index (Phi) is 9.43. The summed E-state index contributed by atoms with van der Waals surface area (Å²) < 4.78 is 5.23. The Morgan fingerprint density at radius 2 is 1.75 bits per heavy atom. The molecule has 0 amide bonds. The van der Waals surface area contributed by atoms with E-state index < -0.39 is 0 Å². The van der Waals surface area contributed by atoms with Crippen LogP contribution in [0.25, 0.3) is 0 Å². The Morgan fingerprint density at radius 3 is 2.25 bits per heavy atom. The summed E-state index contributed by atoms with van der Waals surface area (Å²) >= 11 is 0. The number of nitrogens with two attached hydrogens (primary N) is 1. The van der Waals surface area contributed by atoms with Crippen LogP contribution in [0.5, 0.6) is 5.75 Å². The molecule has 0 spiro atoms. The molecule has 1 atom stereocenters. The van der Waals surface area contributed by atoms with E-state index in [1.54, 1.807) is 7.11 Å². The van der Waals surface area contributed by atoms with E-state index in [2.05, 4.69) is 41.0 Å². The molecule has 1 aromatic carbocycles. The highest BCUT2D eigenvalue weighted by molar-refractivity contribution is 14.0. The van der Waals surface area contributed by atoms with E-state index in [-0.39, 0.29) is 30.0 Å². The predicted octanol–water partition coefficient (Wildman–Crippen LogP) is 3.11. The number of nitrogens with zero attached hydrogens (tertiary/aromatic N) is 3. The van der Waals surface area contributed by atoms with Gasteiger partial charge in [0.25, 0.3) is 0 Å². The van der Waals surface area contributed by atoms with Crippen molar-refractivity contribution in [1.82, 2.24) is 9.80 Å². The summed E-state index contributed by atoms with van der Waals surface area (Å²) in [6.07, 6.45) is 5.03. The van der Waals surface area contributed by atoms with Crippen molar-refractivity contribution in [3.8, 4) is 5.75 Å². The summed E-state index contributed by atoms with van der Waals surface area (Å²) in [4.78, 5) is 9.09. The van der Waals surface area contributed by atoms with Crippen LogP contribution in [0.2, 0.25) is 0 Å². The Morgan fingerprint density at radius 1 is 1.17 bits per heavy atom. The minimum Gasteiger partial charge on any atom is -0.497 e. The van der Waals surface area contributed by atoms with Crippen LogP contribution in [0.3, 0.4) is 0 Å². The van der Waals surface area contributed by atoms with E-state index in [0.717, 1.165) is 18.8 Å². The minimum absolute atomic E-state index is 0. The number of rotatable bonds is 5. The fraction of sp³-hybridized carbons (Fsp3) is 0.611. The molecule has 0 aromatic heterocycles. The number of hydrogen-bond donors (Lipinski definition) is 1. The first kappa shape index (κ1) is 21.0. The van der Waals surface area contributed by atoms with Crippen LogP contribution < -0.4 is 10.5 Å². The monoisotopic (exact) mass is 446 g/mol. The van der Waals surface area contributed by atoms with Crippen LogP contribution in [0.1, 0.15) is 37.3 Å². The second-order valence-electron chi connectivity index (χ2n) is 6.35. The van der Waals surface area contributed by atoms with Gasteiger partial charge in [-0.1, -0.05) is 25.0 Å². The number of methoxy groups -OCH3 is 1. The fourth-order valence-corrected chi connectivity index (χ4v) is 2.97. The normalized spacial score (nSPS) is 17.2. The summed E-state index contributed by atoms with van der Waals surface area (Å²) in [6.45, 7) is 2.73. The second-order valence-corrected chi connectivity index (χ2v) is 6.35. The van der Waals surface area contributed by atoms with E-state index >= 15 is 0 Å². The van der Waals surface area contributed by atoms with Crippen LogP contribution in [0, 0.1) is 0 Å². The van der Waals surface area contributed by atoms with Crippen molar-refractivity contribution in [2.24, 2.45) is 10.7 Å². The van der Waals surface area contributed by atoms with Gasteiger partial charge in [0.15, 0.2) is 5.96 Å². The van der Waals surface area contributed by atoms with Crippen LogP contribution in [0.4, 0.5) is 0 Å². The quantitative estimate of drug-likeness (QED) is 0.429. The SMILES string of the molecule is COc1ccc(C(CN=C(N)N2CCCCCC2)N(C)C)cc1.I. The van der Waals surface area contributed by atoms with Crippen LogP contribution in [-0.2, 0) is 0 Å². The summed E-state index contributed by atoms with van der Waals surface area (Å²) in [5, 5.41) is 0. The fourth-order valence-electron chi connectivity index (χ4n) is 2.97. The molecular formula is C18H31IN4O. The van der Waals surface area contributed by atoms with Gasteiger partial charge in [-0.05, 0) is 44.6 Å². The maximum atomic E-state index is 6.23. The van der Waals surface area contributed by atoms with E-state index in [9.17, 15) is 0 Å². The van der Waals surface area contributed by atoms with Crippen molar-refractivity contribution in [2.75, 3.05) is 40.8 Å². The summed E-state index contributed by atoms with van der Waals surface area (Å²) in [5.74, 6) is 1.56. The molecule has 5 nitrogen and oxygen atoms in total. The van der Waals surface area contributed by atoms with E-state index in [4.69, 9.17) is 10.5 Å². The lowest BCUT2D eigenvalue weighted by molar-refractivity contribution is 0.304. The predicted molar refractivity (Wildman–Crippen MR) is 111 cm³/mol. The molecule has 1 aliphatic rings. The zero-order valence-corrected chi connectivity index (χ0v) is 17.4. The lowest BCUT2D eigenvalue weighted by atomic mass is 10.1. The average molecular weight is 446 g/mol. The van der Waals surface area contributed by atoms with E-state index in [0.29, 0.717) is 12.5 Å². The molecule has 24 heavy (non-hydrogen) atoms. The Hall–Kier alpha value is -1.02. The molecule has 2 rings (SSSR count). The van der Waals surface area contributed by atoms with Crippen LogP contribution >= 0.6 is 24.0 Å². The number of ether oxygens (including phenoxy) is 1. The summed E-state index contributed by atoms with van der Waals surface area (Å²) in [5.41, 5.74) is 7.45. The molecule has 0 aliphatic carbocycles. The van der Waals surface area contributed by atoms with Gasteiger partial charge in [-0.25, -0.2) is 0 Å². The zero-order chi connectivity index (χ0) is 16.7. The zero-order valence-electron chi connectivity index (χ0n) is 15.1. The average Bonchev–Trinajstić information content (AvgIpc) is 2.84. The Labute approximate surface area is 163 Å². The number of guanidine groups is 1. The van der Waals surface area contributed by atoms with Gasteiger partial charge in [0, 0.05) is 13.1 Å². The van der Waals surface area contributed by atoms with Crippen molar-refractivity contribution < 1.29 is 4.74 Å². The molecule has 1 heterocycles. The topological polar surface area (TPSA) is 54.1 Å². The number of likely N-dealkylation sites (tertiary alicyclic amines) is 1. The number of likely N-dealkylation sites (N-methyl/N-ethyl adjacent to an activating group) is 1. The third-order valence-corrected chi connectivity index (χ3v) is 4.48. The van der Waals surface area contributed by atoms with Gasteiger partial charge >= 0.3 is 0 Å². The maximum Gasteiger partial charge on any atom is 0.191 e. The van der Waals surface area contributed by atoms with Crippen molar-refractivity contribution in [1.29, 1.82) is 0 Å². The van der Waals surface area contributed by atoms with Gasteiger partial charge in [-0.15, -0.1) is 24.0 Å². The van der Waals surface area contributed by atoms with Crippen LogP contribution in [-0.4, -0.2) is 56.6 Å². The van der Waals surface area contributed by atoms with Gasteiger partial charge < -0.3 is 20.3 Å². The Bertz CT molecular complexity index is 496. The molecule has 1 fully saturated rings. The molecule has 2 N–H and O–H groups in total. The minimum atomic E-state index is 0. The molecule has 136 valence electrons. The molecular weight excluding hydrogens is 415 g/mol. The lowest BCUT2D eigenvalue weighted by Crippen LogP contribution is -2.38. The van der Waals surface area contributed by atoms with Crippen LogP contribution in [0.15, 0.2) is 29.3 Å². The van der Waals surface area contributed by atoms with Gasteiger partial charge in [0.05, 0.1) is 19.7 Å². The second kappa shape index (κ2) is 10.8. The molecule has 0 saturated carbocycles. The highest BCUT2D eigenvalue weighted by Gasteiger charge is 2.16. The smallest absolute Gasteiger partial charge is 0.191 e. The van der Waals surface area contributed by atoms with Crippen molar-refractivity contribution >= 4 is 29.9 Å². The molecule has 6 heteroatoms. The molecule has 0 bridgehead atoms. The first-order valence-electron chi connectivity index (χ1n) is 8.47. The third-order valence-electron chi connectivity index (χ3n) is 4.48. The Balaban J connectivity index is 0.00000288. The molecule has 1 unspecified atom stereocenters. The van der Waals surface area contributed by atoms with Gasteiger partial charge in [0.2, 0.25) is 0 Å². The molecule has 1 aromatic rings. The van der Waals surface area contributed by atoms with Gasteiger partial charge in [-0.3, -0.25) is 4.99 Å². The maximum absolute atomic E-state index is 6.23. The largest absolute Gasteiger partial charge is 0.497 e. The summed E-state index contributed by atoms with van der Waals surface area (Å²) in [7, 11) is 5.84. The van der Waals surface area contributed by atoms with Crippen molar-refractivity contribution in [2.45, 2.75) is 31.7 Å². The summed E-state index contributed by atoms with van der Waals surface area (Å²) in [6, 6.07) is 8.40. The molecule has 1 aliphatic heterocycles. The van der Waals surface area contributed by atoms with Crippen molar-refractivity contribution in [3.63, 3.8) is 0 Å².